The Morgan fingerprint density at radius 2 is 1.14 bits per heavy atom. The van der Waals surface area contributed by atoms with Crippen LogP contribution in [0.5, 0.6) is 0 Å². The van der Waals surface area contributed by atoms with Crippen molar-refractivity contribution in [2.45, 2.75) is 123 Å². The van der Waals surface area contributed by atoms with E-state index in [1.807, 2.05) is 0 Å². The number of carbonyl (C=O) groups is 1. The van der Waals surface area contributed by atoms with Crippen LogP contribution in [0.4, 0.5) is 0 Å². The molecular formula is C27H44O2. The lowest BCUT2D eigenvalue weighted by molar-refractivity contribution is -0.157. The van der Waals surface area contributed by atoms with E-state index >= 15 is 0 Å². The molecule has 0 unspecified atom stereocenters. The normalized spacial score (nSPS) is 35.4. The Morgan fingerprint density at radius 3 is 1.62 bits per heavy atom. The maximum absolute atomic E-state index is 12.6. The highest BCUT2D eigenvalue weighted by Crippen LogP contribution is 2.34. The molecule has 0 aromatic heterocycles. The summed E-state index contributed by atoms with van der Waals surface area (Å²) in [6, 6.07) is 0. The summed E-state index contributed by atoms with van der Waals surface area (Å²) in [6.07, 6.45) is 19.7. The molecule has 0 amide bonds. The highest BCUT2D eigenvalue weighted by molar-refractivity contribution is 5.72. The minimum atomic E-state index is 0.0876. The molecule has 3 saturated carbocycles. The summed E-state index contributed by atoms with van der Waals surface area (Å²) in [6.45, 7) is 4.57. The smallest absolute Gasteiger partial charge is 0.309 e. The second-order valence-electron chi connectivity index (χ2n) is 10.2. The fraction of sp³-hybridized carbons (Fsp3) is 0.889. The van der Waals surface area contributed by atoms with E-state index in [1.165, 1.54) is 64.2 Å². The van der Waals surface area contributed by atoms with Crippen molar-refractivity contribution in [1.29, 1.82) is 0 Å². The highest BCUT2D eigenvalue weighted by Gasteiger charge is 2.30. The van der Waals surface area contributed by atoms with Gasteiger partial charge in [0, 0.05) is 11.8 Å². The number of hydrogen-bond donors (Lipinski definition) is 0. The molecule has 0 spiro atoms. The first-order chi connectivity index (χ1) is 14.2. The molecule has 0 aliphatic heterocycles. The first kappa shape index (κ1) is 22.7. The second kappa shape index (κ2) is 12.0. The van der Waals surface area contributed by atoms with Crippen molar-refractivity contribution < 1.29 is 9.53 Å². The SMILES string of the molecule is CCCC1CCC(C#CC2CCC(C(=O)OC3CCC(CCC)CC3)CC2)CC1. The summed E-state index contributed by atoms with van der Waals surface area (Å²) in [7, 11) is 0. The maximum Gasteiger partial charge on any atom is 0.309 e. The third-order valence-electron chi connectivity index (χ3n) is 7.87. The van der Waals surface area contributed by atoms with Crippen LogP contribution in [0.25, 0.3) is 0 Å². The monoisotopic (exact) mass is 400 g/mol. The Labute approximate surface area is 179 Å². The average molecular weight is 401 g/mol. The molecular weight excluding hydrogens is 356 g/mol. The van der Waals surface area contributed by atoms with Gasteiger partial charge in [-0.3, -0.25) is 4.79 Å². The van der Waals surface area contributed by atoms with E-state index in [0.29, 0.717) is 11.8 Å². The molecule has 0 aromatic carbocycles. The first-order valence-corrected chi connectivity index (χ1v) is 12.9. The molecule has 164 valence electrons. The standard InChI is InChI=1S/C27H44O2/c1-3-5-21-7-9-23(10-8-21)11-12-24-13-17-25(18-14-24)27(28)29-26-19-15-22(6-4-2)16-20-26/h21-26H,3-10,13-20H2,1-2H3. The lowest BCUT2D eigenvalue weighted by atomic mass is 9.79. The average Bonchev–Trinajstić information content (AvgIpc) is 2.75. The highest BCUT2D eigenvalue weighted by atomic mass is 16.5. The quantitative estimate of drug-likeness (QED) is 0.345. The zero-order valence-corrected chi connectivity index (χ0v) is 19.1. The molecule has 29 heavy (non-hydrogen) atoms. The van der Waals surface area contributed by atoms with Crippen LogP contribution in [0.15, 0.2) is 0 Å². The molecule has 0 atom stereocenters. The molecule has 3 aliphatic carbocycles. The number of ether oxygens (including phenoxy) is 1. The van der Waals surface area contributed by atoms with Crippen molar-refractivity contribution >= 4 is 5.97 Å². The summed E-state index contributed by atoms with van der Waals surface area (Å²) < 4.78 is 5.90. The van der Waals surface area contributed by atoms with Gasteiger partial charge in [0.15, 0.2) is 0 Å². The predicted molar refractivity (Wildman–Crippen MR) is 120 cm³/mol. The molecule has 0 radical (unpaired) electrons. The lowest BCUT2D eigenvalue weighted by Gasteiger charge is -2.30. The Hall–Kier alpha value is -0.970. The van der Waals surface area contributed by atoms with Gasteiger partial charge in [-0.05, 0) is 88.9 Å². The summed E-state index contributed by atoms with van der Waals surface area (Å²) in [5.74, 6) is 10.4. The van der Waals surface area contributed by atoms with E-state index in [1.54, 1.807) is 0 Å². The predicted octanol–water partition coefficient (Wildman–Crippen LogP) is 7.30. The molecule has 3 fully saturated rings. The van der Waals surface area contributed by atoms with Crippen molar-refractivity contribution in [3.05, 3.63) is 0 Å². The van der Waals surface area contributed by atoms with Crippen molar-refractivity contribution in [2.24, 2.45) is 29.6 Å². The molecule has 0 heterocycles. The van der Waals surface area contributed by atoms with Crippen molar-refractivity contribution in [3.8, 4) is 11.8 Å². The van der Waals surface area contributed by atoms with Gasteiger partial charge in [0.2, 0.25) is 0 Å². The Kier molecular flexibility index (Phi) is 9.41. The van der Waals surface area contributed by atoms with E-state index in [-0.39, 0.29) is 18.0 Å². The minimum Gasteiger partial charge on any atom is -0.462 e. The summed E-state index contributed by atoms with van der Waals surface area (Å²) in [5, 5.41) is 0. The largest absolute Gasteiger partial charge is 0.462 e. The first-order valence-electron chi connectivity index (χ1n) is 12.9. The maximum atomic E-state index is 12.6. The van der Waals surface area contributed by atoms with Crippen LogP contribution in [0.2, 0.25) is 0 Å². The lowest BCUT2D eigenvalue weighted by Crippen LogP contribution is -2.30. The van der Waals surface area contributed by atoms with Crippen LogP contribution in [0.3, 0.4) is 0 Å². The Morgan fingerprint density at radius 1 is 0.690 bits per heavy atom. The fourth-order valence-electron chi connectivity index (χ4n) is 5.92. The Balaban J connectivity index is 1.33. The molecule has 3 aliphatic rings. The van der Waals surface area contributed by atoms with Crippen LogP contribution in [-0.4, -0.2) is 12.1 Å². The van der Waals surface area contributed by atoms with Gasteiger partial charge in [-0.15, -0.1) is 0 Å². The van der Waals surface area contributed by atoms with Crippen molar-refractivity contribution in [2.75, 3.05) is 0 Å². The summed E-state index contributed by atoms with van der Waals surface area (Å²) in [4.78, 5) is 12.6. The van der Waals surface area contributed by atoms with Gasteiger partial charge >= 0.3 is 5.97 Å². The molecule has 0 N–H and O–H groups in total. The Bertz CT molecular complexity index is 533. The van der Waals surface area contributed by atoms with E-state index in [2.05, 4.69) is 25.7 Å². The fourth-order valence-corrected chi connectivity index (χ4v) is 5.92. The van der Waals surface area contributed by atoms with E-state index in [0.717, 1.165) is 50.4 Å². The number of carbonyl (C=O) groups excluding carboxylic acids is 1. The van der Waals surface area contributed by atoms with E-state index in [4.69, 9.17) is 4.74 Å². The summed E-state index contributed by atoms with van der Waals surface area (Å²) >= 11 is 0. The zero-order chi connectivity index (χ0) is 20.5. The number of rotatable bonds is 6. The van der Waals surface area contributed by atoms with Gasteiger partial charge in [-0.1, -0.05) is 51.4 Å². The number of hydrogen-bond acceptors (Lipinski definition) is 2. The van der Waals surface area contributed by atoms with Crippen molar-refractivity contribution in [3.63, 3.8) is 0 Å². The molecule has 0 aromatic rings. The van der Waals surface area contributed by atoms with Gasteiger partial charge in [0.1, 0.15) is 6.10 Å². The van der Waals surface area contributed by atoms with Gasteiger partial charge in [0.25, 0.3) is 0 Å². The third-order valence-corrected chi connectivity index (χ3v) is 7.87. The third kappa shape index (κ3) is 7.34. The van der Waals surface area contributed by atoms with Gasteiger partial charge < -0.3 is 4.74 Å². The van der Waals surface area contributed by atoms with E-state index in [9.17, 15) is 4.79 Å². The summed E-state index contributed by atoms with van der Waals surface area (Å²) in [5.41, 5.74) is 0. The topological polar surface area (TPSA) is 26.3 Å². The van der Waals surface area contributed by atoms with Crippen LogP contribution in [0, 0.1) is 41.4 Å². The van der Waals surface area contributed by atoms with Gasteiger partial charge in [-0.25, -0.2) is 0 Å². The van der Waals surface area contributed by atoms with Crippen molar-refractivity contribution in [1.82, 2.24) is 0 Å². The molecule has 2 nitrogen and oxygen atoms in total. The van der Waals surface area contributed by atoms with Gasteiger partial charge in [-0.2, -0.15) is 0 Å². The number of esters is 1. The van der Waals surface area contributed by atoms with Crippen LogP contribution in [-0.2, 0) is 9.53 Å². The van der Waals surface area contributed by atoms with Gasteiger partial charge in [0.05, 0.1) is 5.92 Å². The molecule has 3 rings (SSSR count). The molecule has 0 saturated heterocycles. The van der Waals surface area contributed by atoms with Crippen LogP contribution in [0.1, 0.15) is 117 Å². The second-order valence-corrected chi connectivity index (χ2v) is 10.2. The van der Waals surface area contributed by atoms with E-state index < -0.39 is 0 Å². The van der Waals surface area contributed by atoms with Crippen LogP contribution >= 0.6 is 0 Å². The molecule has 2 heteroatoms. The van der Waals surface area contributed by atoms with Crippen LogP contribution < -0.4 is 0 Å². The molecule has 0 bridgehead atoms. The minimum absolute atomic E-state index is 0.0876. The zero-order valence-electron chi connectivity index (χ0n) is 19.1.